The lowest BCUT2D eigenvalue weighted by molar-refractivity contribution is -0.122. The molecule has 0 aliphatic heterocycles. The number of nitrogens with two attached hydrogens (primary N) is 1. The fourth-order valence-corrected chi connectivity index (χ4v) is 3.27. The SMILES string of the molecule is NS(=O)(=O)c1cnn(CCC(=O)NC2CCc3ccccc32)c1. The number of aryl methyl sites for hydroxylation is 2. The van der Waals surface area contributed by atoms with Crippen LogP contribution in [-0.4, -0.2) is 24.1 Å². The van der Waals surface area contributed by atoms with E-state index in [1.807, 2.05) is 18.2 Å². The van der Waals surface area contributed by atoms with Gasteiger partial charge in [-0.25, -0.2) is 13.6 Å². The highest BCUT2D eigenvalue weighted by Crippen LogP contribution is 2.30. The Kier molecular flexibility index (Phi) is 4.18. The predicted molar refractivity (Wildman–Crippen MR) is 83.9 cm³/mol. The first-order chi connectivity index (χ1) is 10.9. The number of amides is 1. The maximum atomic E-state index is 12.1. The fraction of sp³-hybridized carbons (Fsp3) is 0.333. The van der Waals surface area contributed by atoms with E-state index in [1.165, 1.54) is 28.2 Å². The molecule has 122 valence electrons. The number of fused-ring (bicyclic) bond motifs is 1. The number of aromatic nitrogens is 2. The molecule has 0 saturated carbocycles. The van der Waals surface area contributed by atoms with E-state index in [9.17, 15) is 13.2 Å². The van der Waals surface area contributed by atoms with E-state index >= 15 is 0 Å². The van der Waals surface area contributed by atoms with E-state index in [0.29, 0.717) is 6.54 Å². The van der Waals surface area contributed by atoms with Gasteiger partial charge >= 0.3 is 0 Å². The van der Waals surface area contributed by atoms with E-state index in [0.717, 1.165) is 12.8 Å². The first-order valence-electron chi connectivity index (χ1n) is 7.36. The first-order valence-corrected chi connectivity index (χ1v) is 8.90. The molecule has 1 unspecified atom stereocenters. The lowest BCUT2D eigenvalue weighted by Crippen LogP contribution is -2.28. The van der Waals surface area contributed by atoms with Gasteiger partial charge in [0, 0.05) is 19.2 Å². The van der Waals surface area contributed by atoms with Gasteiger partial charge in [-0.3, -0.25) is 9.48 Å². The van der Waals surface area contributed by atoms with Crippen LogP contribution >= 0.6 is 0 Å². The van der Waals surface area contributed by atoms with Gasteiger partial charge in [0.2, 0.25) is 15.9 Å². The van der Waals surface area contributed by atoms with Crippen molar-refractivity contribution in [2.45, 2.75) is 36.7 Å². The van der Waals surface area contributed by atoms with Crippen molar-refractivity contribution >= 4 is 15.9 Å². The number of nitrogens with one attached hydrogen (secondary N) is 1. The molecule has 1 aliphatic rings. The third kappa shape index (κ3) is 3.59. The molecular formula is C15H18N4O3S. The summed E-state index contributed by atoms with van der Waals surface area (Å²) in [4.78, 5) is 12.0. The Labute approximate surface area is 134 Å². The van der Waals surface area contributed by atoms with Crippen LogP contribution in [0.1, 0.15) is 30.0 Å². The summed E-state index contributed by atoms with van der Waals surface area (Å²) in [6, 6.07) is 8.15. The topological polar surface area (TPSA) is 107 Å². The van der Waals surface area contributed by atoms with Crippen molar-refractivity contribution in [3.8, 4) is 0 Å². The number of hydrogen-bond donors (Lipinski definition) is 2. The Morgan fingerprint density at radius 1 is 1.39 bits per heavy atom. The van der Waals surface area contributed by atoms with Crippen molar-refractivity contribution in [2.75, 3.05) is 0 Å². The average molecular weight is 334 g/mol. The zero-order valence-electron chi connectivity index (χ0n) is 12.5. The zero-order valence-corrected chi connectivity index (χ0v) is 13.3. The van der Waals surface area contributed by atoms with Crippen LogP contribution in [0.2, 0.25) is 0 Å². The quantitative estimate of drug-likeness (QED) is 0.840. The van der Waals surface area contributed by atoms with Crippen molar-refractivity contribution < 1.29 is 13.2 Å². The first kappa shape index (κ1) is 15.7. The number of benzene rings is 1. The van der Waals surface area contributed by atoms with Crippen LogP contribution in [0.5, 0.6) is 0 Å². The molecule has 0 spiro atoms. The third-order valence-electron chi connectivity index (χ3n) is 3.97. The molecule has 0 radical (unpaired) electrons. The van der Waals surface area contributed by atoms with Gasteiger partial charge in [0.25, 0.3) is 0 Å². The molecule has 1 aromatic heterocycles. The van der Waals surface area contributed by atoms with Gasteiger partial charge in [-0.1, -0.05) is 24.3 Å². The molecule has 23 heavy (non-hydrogen) atoms. The molecule has 0 saturated heterocycles. The maximum absolute atomic E-state index is 12.1. The molecule has 2 aromatic rings. The van der Waals surface area contributed by atoms with Crippen LogP contribution in [-0.2, 0) is 27.8 Å². The molecule has 8 heteroatoms. The summed E-state index contributed by atoms with van der Waals surface area (Å²) in [6.07, 6.45) is 4.61. The van der Waals surface area contributed by atoms with Crippen LogP contribution in [0.3, 0.4) is 0 Å². The van der Waals surface area contributed by atoms with Gasteiger partial charge in [-0.2, -0.15) is 5.10 Å². The maximum Gasteiger partial charge on any atom is 0.241 e. The summed E-state index contributed by atoms with van der Waals surface area (Å²) in [5.74, 6) is -0.0839. The smallest absolute Gasteiger partial charge is 0.241 e. The van der Waals surface area contributed by atoms with Gasteiger partial charge in [0.05, 0.1) is 12.2 Å². The number of hydrogen-bond acceptors (Lipinski definition) is 4. The molecule has 1 aromatic carbocycles. The van der Waals surface area contributed by atoms with Crippen molar-refractivity contribution in [1.82, 2.24) is 15.1 Å². The van der Waals surface area contributed by atoms with Gasteiger partial charge in [0.1, 0.15) is 4.90 Å². The summed E-state index contributed by atoms with van der Waals surface area (Å²) in [6.45, 7) is 0.301. The minimum Gasteiger partial charge on any atom is -0.349 e. The summed E-state index contributed by atoms with van der Waals surface area (Å²) >= 11 is 0. The minimum absolute atomic E-state index is 0.0521. The van der Waals surface area contributed by atoms with Crippen molar-refractivity contribution in [3.63, 3.8) is 0 Å². The summed E-state index contributed by atoms with van der Waals surface area (Å²) in [7, 11) is -3.76. The summed E-state index contributed by atoms with van der Waals surface area (Å²) < 4.78 is 23.8. The van der Waals surface area contributed by atoms with Gasteiger partial charge < -0.3 is 5.32 Å². The van der Waals surface area contributed by atoms with Crippen LogP contribution < -0.4 is 10.5 Å². The highest BCUT2D eigenvalue weighted by atomic mass is 32.2. The Morgan fingerprint density at radius 3 is 2.91 bits per heavy atom. The van der Waals surface area contributed by atoms with Gasteiger partial charge in [0.15, 0.2) is 0 Å². The fourth-order valence-electron chi connectivity index (χ4n) is 2.80. The Hall–Kier alpha value is -2.19. The van der Waals surface area contributed by atoms with Gasteiger partial charge in [-0.05, 0) is 24.0 Å². The van der Waals surface area contributed by atoms with E-state index in [-0.39, 0.29) is 23.3 Å². The molecule has 0 fully saturated rings. The van der Waals surface area contributed by atoms with Crippen molar-refractivity contribution in [3.05, 3.63) is 47.8 Å². The molecule has 0 bridgehead atoms. The van der Waals surface area contributed by atoms with E-state index in [1.54, 1.807) is 0 Å². The highest BCUT2D eigenvalue weighted by molar-refractivity contribution is 7.89. The molecule has 1 aliphatic carbocycles. The standard InChI is InChI=1S/C15H18N4O3S/c16-23(21,22)12-9-17-19(10-12)8-7-15(20)18-14-6-5-11-3-1-2-4-13(11)14/h1-4,9-10,14H,5-8H2,(H,18,20)(H2,16,21,22). The third-order valence-corrected chi connectivity index (χ3v) is 4.84. The Bertz CT molecular complexity index is 829. The lowest BCUT2D eigenvalue weighted by atomic mass is 10.1. The van der Waals surface area contributed by atoms with Crippen LogP contribution in [0.15, 0.2) is 41.6 Å². The second-order valence-electron chi connectivity index (χ2n) is 5.59. The number of carbonyl (C=O) groups excluding carboxylic acids is 1. The van der Waals surface area contributed by atoms with Crippen molar-refractivity contribution in [1.29, 1.82) is 0 Å². The van der Waals surface area contributed by atoms with Gasteiger partial charge in [-0.15, -0.1) is 0 Å². The summed E-state index contributed by atoms with van der Waals surface area (Å²) in [5, 5.41) is 11.9. The average Bonchev–Trinajstić information content (AvgIpc) is 3.12. The number of sulfonamides is 1. The minimum atomic E-state index is -3.76. The molecule has 1 atom stereocenters. The number of nitrogens with zero attached hydrogens (tertiary/aromatic N) is 2. The van der Waals surface area contributed by atoms with Crippen LogP contribution in [0.25, 0.3) is 0 Å². The molecule has 3 rings (SSSR count). The zero-order chi connectivity index (χ0) is 16.4. The normalized spacial score (nSPS) is 17.0. The second-order valence-corrected chi connectivity index (χ2v) is 7.15. The van der Waals surface area contributed by atoms with Crippen LogP contribution in [0.4, 0.5) is 0 Å². The molecular weight excluding hydrogens is 316 g/mol. The molecule has 1 amide bonds. The Balaban J connectivity index is 1.56. The molecule has 3 N–H and O–H groups in total. The highest BCUT2D eigenvalue weighted by Gasteiger charge is 2.23. The predicted octanol–water partition coefficient (Wildman–Crippen LogP) is 0.724. The summed E-state index contributed by atoms with van der Waals surface area (Å²) in [5.41, 5.74) is 2.46. The molecule has 7 nitrogen and oxygen atoms in total. The largest absolute Gasteiger partial charge is 0.349 e. The number of primary sulfonamides is 1. The van der Waals surface area contributed by atoms with Crippen LogP contribution in [0, 0.1) is 0 Å². The Morgan fingerprint density at radius 2 is 2.17 bits per heavy atom. The lowest BCUT2D eigenvalue weighted by Gasteiger charge is -2.14. The molecule has 1 heterocycles. The van der Waals surface area contributed by atoms with Crippen molar-refractivity contribution in [2.24, 2.45) is 5.14 Å². The number of rotatable bonds is 5. The second kappa shape index (κ2) is 6.13. The monoisotopic (exact) mass is 334 g/mol. The van der Waals surface area contributed by atoms with E-state index < -0.39 is 10.0 Å². The van der Waals surface area contributed by atoms with E-state index in [4.69, 9.17) is 5.14 Å². The number of carbonyl (C=O) groups is 1. The van der Waals surface area contributed by atoms with E-state index in [2.05, 4.69) is 16.5 Å².